The molecule has 2 rings (SSSR count). The molecule has 0 bridgehead atoms. The SMILES string of the molecule is OC[C@@H](O)[C@@H](O)[C@@H](O)C(c1ccc(F)cc1)c1ccc(F)cc1. The van der Waals surface area contributed by atoms with Crippen LogP contribution in [0.3, 0.4) is 0 Å². The third kappa shape index (κ3) is 4.11. The van der Waals surface area contributed by atoms with Gasteiger partial charge >= 0.3 is 0 Å². The van der Waals surface area contributed by atoms with Gasteiger partial charge in [-0.1, -0.05) is 24.3 Å². The van der Waals surface area contributed by atoms with Gasteiger partial charge in [-0.3, -0.25) is 0 Å². The monoisotopic (exact) mass is 324 g/mol. The first kappa shape index (κ1) is 17.5. The average molecular weight is 324 g/mol. The molecule has 0 aliphatic rings. The van der Waals surface area contributed by atoms with Crippen LogP contribution in [0.15, 0.2) is 48.5 Å². The molecule has 0 heterocycles. The predicted molar refractivity (Wildman–Crippen MR) is 79.7 cm³/mol. The molecule has 0 spiro atoms. The van der Waals surface area contributed by atoms with Crippen molar-refractivity contribution >= 4 is 0 Å². The molecule has 0 amide bonds. The lowest BCUT2D eigenvalue weighted by Gasteiger charge is -2.29. The van der Waals surface area contributed by atoms with Crippen LogP contribution in [0.25, 0.3) is 0 Å². The third-order valence-corrected chi connectivity index (χ3v) is 3.73. The Bertz CT molecular complexity index is 570. The van der Waals surface area contributed by atoms with Gasteiger partial charge in [0.25, 0.3) is 0 Å². The number of aliphatic hydroxyl groups is 4. The Kier molecular flexibility index (Phi) is 5.79. The molecule has 0 aliphatic carbocycles. The summed E-state index contributed by atoms with van der Waals surface area (Å²) < 4.78 is 26.2. The molecular formula is C17H18F2O4. The Morgan fingerprint density at radius 2 is 1.09 bits per heavy atom. The number of hydrogen-bond acceptors (Lipinski definition) is 4. The van der Waals surface area contributed by atoms with Crippen molar-refractivity contribution in [3.05, 3.63) is 71.3 Å². The number of hydrogen-bond donors (Lipinski definition) is 4. The van der Waals surface area contributed by atoms with Crippen molar-refractivity contribution in [2.24, 2.45) is 0 Å². The van der Waals surface area contributed by atoms with Crippen molar-refractivity contribution in [3.8, 4) is 0 Å². The Labute approximate surface area is 132 Å². The maximum atomic E-state index is 13.1. The molecule has 0 radical (unpaired) electrons. The minimum Gasteiger partial charge on any atom is -0.394 e. The smallest absolute Gasteiger partial charge is 0.123 e. The summed E-state index contributed by atoms with van der Waals surface area (Å²) in [5, 5.41) is 38.9. The van der Waals surface area contributed by atoms with Gasteiger partial charge in [-0.05, 0) is 35.4 Å². The molecule has 23 heavy (non-hydrogen) atoms. The first-order valence-corrected chi connectivity index (χ1v) is 7.10. The van der Waals surface area contributed by atoms with Crippen LogP contribution in [-0.2, 0) is 0 Å². The first-order valence-electron chi connectivity index (χ1n) is 7.10. The molecule has 2 aromatic rings. The summed E-state index contributed by atoms with van der Waals surface area (Å²) >= 11 is 0. The molecule has 124 valence electrons. The quantitative estimate of drug-likeness (QED) is 0.643. The highest BCUT2D eigenvalue weighted by molar-refractivity contribution is 5.34. The second-order valence-electron chi connectivity index (χ2n) is 5.31. The molecule has 4 nitrogen and oxygen atoms in total. The molecule has 4 N–H and O–H groups in total. The molecule has 6 heteroatoms. The second kappa shape index (κ2) is 7.61. The summed E-state index contributed by atoms with van der Waals surface area (Å²) in [6.45, 7) is -0.724. The fourth-order valence-electron chi connectivity index (χ4n) is 2.46. The Hall–Kier alpha value is -1.86. The van der Waals surface area contributed by atoms with Crippen LogP contribution in [0.1, 0.15) is 17.0 Å². The van der Waals surface area contributed by atoms with Crippen molar-refractivity contribution in [1.82, 2.24) is 0 Å². The van der Waals surface area contributed by atoms with Gasteiger partial charge in [-0.2, -0.15) is 0 Å². The van der Waals surface area contributed by atoms with Crippen molar-refractivity contribution in [2.45, 2.75) is 24.2 Å². The van der Waals surface area contributed by atoms with E-state index in [1.807, 2.05) is 0 Å². The number of benzene rings is 2. The average Bonchev–Trinajstić information content (AvgIpc) is 2.57. The number of aliphatic hydroxyl groups excluding tert-OH is 4. The van der Waals surface area contributed by atoms with E-state index in [0.717, 1.165) is 0 Å². The van der Waals surface area contributed by atoms with Crippen molar-refractivity contribution in [1.29, 1.82) is 0 Å². The molecule has 0 aliphatic heterocycles. The fourth-order valence-corrected chi connectivity index (χ4v) is 2.46. The number of rotatable bonds is 6. The van der Waals surface area contributed by atoms with Gasteiger partial charge in [-0.25, -0.2) is 8.78 Å². The minimum atomic E-state index is -1.62. The largest absolute Gasteiger partial charge is 0.394 e. The fraction of sp³-hybridized carbons (Fsp3) is 0.294. The number of halogens is 2. The molecule has 0 saturated heterocycles. The zero-order valence-corrected chi connectivity index (χ0v) is 12.2. The van der Waals surface area contributed by atoms with E-state index in [4.69, 9.17) is 5.11 Å². The summed E-state index contributed by atoms with van der Waals surface area (Å²) in [6, 6.07) is 10.5. The lowest BCUT2D eigenvalue weighted by molar-refractivity contribution is -0.0806. The van der Waals surface area contributed by atoms with Crippen molar-refractivity contribution < 1.29 is 29.2 Å². The van der Waals surface area contributed by atoms with E-state index in [0.29, 0.717) is 11.1 Å². The lowest BCUT2D eigenvalue weighted by atomic mass is 9.83. The van der Waals surface area contributed by atoms with Gasteiger partial charge < -0.3 is 20.4 Å². The predicted octanol–water partition coefficient (Wildman–Crippen LogP) is 1.17. The second-order valence-corrected chi connectivity index (χ2v) is 5.31. The van der Waals surface area contributed by atoms with Gasteiger partial charge in [0.05, 0.1) is 12.7 Å². The zero-order chi connectivity index (χ0) is 17.0. The van der Waals surface area contributed by atoms with E-state index in [1.165, 1.54) is 48.5 Å². The standard InChI is InChI=1S/C17H18F2O4/c18-12-5-1-10(2-6-12)15(11-3-7-13(19)8-4-11)17(23)16(22)14(21)9-20/h1-8,14-17,20-23H,9H2/t14-,16-,17+/m1/s1. The maximum Gasteiger partial charge on any atom is 0.123 e. The van der Waals surface area contributed by atoms with E-state index in [9.17, 15) is 24.1 Å². The van der Waals surface area contributed by atoms with Crippen LogP contribution < -0.4 is 0 Å². The third-order valence-electron chi connectivity index (χ3n) is 3.73. The van der Waals surface area contributed by atoms with Crippen molar-refractivity contribution in [2.75, 3.05) is 6.61 Å². The van der Waals surface area contributed by atoms with Crippen LogP contribution in [0, 0.1) is 11.6 Å². The van der Waals surface area contributed by atoms with Gasteiger partial charge in [0.15, 0.2) is 0 Å². The van der Waals surface area contributed by atoms with E-state index < -0.39 is 42.5 Å². The van der Waals surface area contributed by atoms with Crippen LogP contribution in [0.2, 0.25) is 0 Å². The lowest BCUT2D eigenvalue weighted by Crippen LogP contribution is -2.43. The van der Waals surface area contributed by atoms with E-state index in [2.05, 4.69) is 0 Å². The van der Waals surface area contributed by atoms with E-state index in [-0.39, 0.29) is 0 Å². The van der Waals surface area contributed by atoms with Crippen LogP contribution >= 0.6 is 0 Å². The highest BCUT2D eigenvalue weighted by Crippen LogP contribution is 2.31. The Morgan fingerprint density at radius 3 is 1.43 bits per heavy atom. The molecule has 0 aromatic heterocycles. The summed E-state index contributed by atoms with van der Waals surface area (Å²) in [5.74, 6) is -1.75. The molecule has 0 fully saturated rings. The minimum absolute atomic E-state index is 0.461. The van der Waals surface area contributed by atoms with E-state index in [1.54, 1.807) is 0 Å². The molecule has 0 saturated carbocycles. The summed E-state index contributed by atoms with van der Waals surface area (Å²) in [7, 11) is 0. The topological polar surface area (TPSA) is 80.9 Å². The summed E-state index contributed by atoms with van der Waals surface area (Å²) in [6.07, 6.45) is -4.64. The van der Waals surface area contributed by atoms with Crippen molar-refractivity contribution in [3.63, 3.8) is 0 Å². The Morgan fingerprint density at radius 1 is 0.696 bits per heavy atom. The molecule has 2 aromatic carbocycles. The molecule has 0 unspecified atom stereocenters. The summed E-state index contributed by atoms with van der Waals surface area (Å²) in [5.41, 5.74) is 0.962. The highest BCUT2D eigenvalue weighted by Gasteiger charge is 2.33. The molecule has 3 atom stereocenters. The Balaban J connectivity index is 2.42. The van der Waals surface area contributed by atoms with Gasteiger partial charge in [0.1, 0.15) is 23.8 Å². The maximum absolute atomic E-state index is 13.1. The van der Waals surface area contributed by atoms with Gasteiger partial charge in [0.2, 0.25) is 0 Å². The van der Waals surface area contributed by atoms with Gasteiger partial charge in [-0.15, -0.1) is 0 Å². The molecular weight excluding hydrogens is 306 g/mol. The highest BCUT2D eigenvalue weighted by atomic mass is 19.1. The first-order chi connectivity index (χ1) is 10.9. The van der Waals surface area contributed by atoms with Crippen LogP contribution in [-0.4, -0.2) is 45.3 Å². The van der Waals surface area contributed by atoms with E-state index >= 15 is 0 Å². The summed E-state index contributed by atoms with van der Waals surface area (Å²) in [4.78, 5) is 0. The van der Waals surface area contributed by atoms with Crippen LogP contribution in [0.4, 0.5) is 8.78 Å². The van der Waals surface area contributed by atoms with Crippen LogP contribution in [0.5, 0.6) is 0 Å². The van der Waals surface area contributed by atoms with Gasteiger partial charge in [0, 0.05) is 5.92 Å². The zero-order valence-electron chi connectivity index (χ0n) is 12.2. The normalized spacial score (nSPS) is 15.4.